The van der Waals surface area contributed by atoms with E-state index in [9.17, 15) is 14.0 Å². The van der Waals surface area contributed by atoms with Gasteiger partial charge in [-0.1, -0.05) is 65.5 Å². The molecule has 10 heteroatoms. The van der Waals surface area contributed by atoms with Gasteiger partial charge in [0.2, 0.25) is 0 Å². The van der Waals surface area contributed by atoms with Crippen LogP contribution < -0.4 is 5.56 Å². The molecule has 4 aromatic rings. The van der Waals surface area contributed by atoms with Crippen molar-refractivity contribution in [3.05, 3.63) is 110 Å². The van der Waals surface area contributed by atoms with Crippen LogP contribution in [0.3, 0.4) is 0 Å². The molecule has 0 N–H and O–H groups in total. The van der Waals surface area contributed by atoms with Crippen LogP contribution in [0.15, 0.2) is 86.5 Å². The molecule has 0 radical (unpaired) electrons. The number of hydrogen-bond acceptors (Lipinski definition) is 6. The molecule has 1 amide bonds. The number of pyridine rings is 1. The van der Waals surface area contributed by atoms with E-state index in [0.717, 1.165) is 27.8 Å². The SMILES string of the molecule is Cc1ccc2nc(Sc3ccc(Cl)cc3)c(/C=C3/SC(=S)N(Cc4ccc(F)cc4)C3=O)c(=O)n2c1. The number of hydrogen-bond donors (Lipinski definition) is 0. The van der Waals surface area contributed by atoms with Gasteiger partial charge in [-0.3, -0.25) is 18.9 Å². The molecule has 2 aromatic carbocycles. The summed E-state index contributed by atoms with van der Waals surface area (Å²) in [5, 5.41) is 1.07. The molecule has 1 aliphatic rings. The first-order valence-corrected chi connectivity index (χ1v) is 13.2. The van der Waals surface area contributed by atoms with E-state index in [2.05, 4.69) is 0 Å². The number of thioether (sulfide) groups is 1. The Balaban J connectivity index is 1.56. The first-order valence-electron chi connectivity index (χ1n) is 10.7. The van der Waals surface area contributed by atoms with Gasteiger partial charge in [0.05, 0.1) is 17.0 Å². The van der Waals surface area contributed by atoms with Crippen molar-refractivity contribution < 1.29 is 9.18 Å². The zero-order chi connectivity index (χ0) is 25.4. The maximum atomic E-state index is 13.6. The summed E-state index contributed by atoms with van der Waals surface area (Å²) in [6.07, 6.45) is 3.28. The molecule has 36 heavy (non-hydrogen) atoms. The molecule has 0 saturated carbocycles. The predicted octanol–water partition coefficient (Wildman–Crippen LogP) is 6.35. The Labute approximate surface area is 225 Å². The third kappa shape index (κ3) is 5.10. The lowest BCUT2D eigenvalue weighted by Gasteiger charge is -2.14. The zero-order valence-corrected chi connectivity index (χ0v) is 22.0. The van der Waals surface area contributed by atoms with Crippen molar-refractivity contribution in [1.29, 1.82) is 0 Å². The number of carbonyl (C=O) groups is 1. The number of aromatic nitrogens is 2. The monoisotopic (exact) mass is 553 g/mol. The number of benzene rings is 2. The van der Waals surface area contributed by atoms with E-state index >= 15 is 0 Å². The van der Waals surface area contributed by atoms with Gasteiger partial charge < -0.3 is 0 Å². The molecule has 0 unspecified atom stereocenters. The van der Waals surface area contributed by atoms with E-state index in [-0.39, 0.29) is 23.8 Å². The minimum Gasteiger partial charge on any atom is -0.288 e. The normalized spacial score (nSPS) is 14.9. The Kier molecular flexibility index (Phi) is 6.98. The molecule has 1 aliphatic heterocycles. The summed E-state index contributed by atoms with van der Waals surface area (Å²) in [5.74, 6) is -0.667. The van der Waals surface area contributed by atoms with E-state index in [1.165, 1.54) is 33.2 Å². The van der Waals surface area contributed by atoms with Crippen molar-refractivity contribution in [3.63, 3.8) is 0 Å². The molecule has 5 nitrogen and oxygen atoms in total. The van der Waals surface area contributed by atoms with Crippen LogP contribution in [-0.4, -0.2) is 24.5 Å². The largest absolute Gasteiger partial charge is 0.288 e. The molecule has 1 fully saturated rings. The molecule has 0 aliphatic carbocycles. The Bertz CT molecular complexity index is 1600. The van der Waals surface area contributed by atoms with Crippen LogP contribution in [0.2, 0.25) is 5.02 Å². The van der Waals surface area contributed by atoms with Crippen molar-refractivity contribution >= 4 is 69.3 Å². The summed E-state index contributed by atoms with van der Waals surface area (Å²) in [4.78, 5) is 34.2. The van der Waals surface area contributed by atoms with Crippen molar-refractivity contribution in [1.82, 2.24) is 14.3 Å². The molecule has 3 heterocycles. The molecule has 180 valence electrons. The van der Waals surface area contributed by atoms with E-state index in [1.54, 1.807) is 42.6 Å². The average Bonchev–Trinajstić information content (AvgIpc) is 3.12. The minimum atomic E-state index is -0.353. The van der Waals surface area contributed by atoms with Gasteiger partial charge >= 0.3 is 0 Å². The summed E-state index contributed by atoms with van der Waals surface area (Å²) in [6.45, 7) is 2.10. The molecule has 2 aromatic heterocycles. The van der Waals surface area contributed by atoms with Gasteiger partial charge in [-0.2, -0.15) is 0 Å². The highest BCUT2D eigenvalue weighted by atomic mass is 35.5. The number of carbonyl (C=O) groups excluding carboxylic acids is 1. The first kappa shape index (κ1) is 24.7. The maximum Gasteiger partial charge on any atom is 0.266 e. The first-order chi connectivity index (χ1) is 17.3. The molecule has 0 bridgehead atoms. The van der Waals surface area contributed by atoms with Crippen LogP contribution >= 0.6 is 47.3 Å². The van der Waals surface area contributed by atoms with Crippen molar-refractivity contribution in [2.24, 2.45) is 0 Å². The third-order valence-electron chi connectivity index (χ3n) is 5.40. The van der Waals surface area contributed by atoms with Gasteiger partial charge in [0.1, 0.15) is 20.8 Å². The van der Waals surface area contributed by atoms with Gasteiger partial charge in [-0.15, -0.1) is 0 Å². The molecular weight excluding hydrogens is 537 g/mol. The number of fused-ring (bicyclic) bond motifs is 1. The number of nitrogens with zero attached hydrogens (tertiary/aromatic N) is 3. The predicted molar refractivity (Wildman–Crippen MR) is 147 cm³/mol. The molecule has 0 atom stereocenters. The summed E-state index contributed by atoms with van der Waals surface area (Å²) in [5.41, 5.74) is 2.16. The lowest BCUT2D eigenvalue weighted by molar-refractivity contribution is -0.122. The van der Waals surface area contributed by atoms with Crippen LogP contribution in [0, 0.1) is 12.7 Å². The van der Waals surface area contributed by atoms with Crippen molar-refractivity contribution in [2.45, 2.75) is 23.4 Å². The highest BCUT2D eigenvalue weighted by molar-refractivity contribution is 8.26. The number of halogens is 2. The average molecular weight is 554 g/mol. The summed E-state index contributed by atoms with van der Waals surface area (Å²) in [6, 6.07) is 16.8. The maximum absolute atomic E-state index is 13.6. The molecule has 5 rings (SSSR count). The van der Waals surface area contributed by atoms with E-state index in [4.69, 9.17) is 28.8 Å². The van der Waals surface area contributed by atoms with Crippen LogP contribution in [0.4, 0.5) is 4.39 Å². The fraction of sp³-hybridized carbons (Fsp3) is 0.0769. The quantitative estimate of drug-likeness (QED) is 0.163. The van der Waals surface area contributed by atoms with Gasteiger partial charge in [-0.25, -0.2) is 9.37 Å². The van der Waals surface area contributed by atoms with E-state index in [1.807, 2.05) is 25.1 Å². The number of thiocarbonyl (C=S) groups is 1. The van der Waals surface area contributed by atoms with E-state index in [0.29, 0.717) is 30.5 Å². The number of amides is 1. The molecular formula is C26H17ClFN3O2S3. The fourth-order valence-corrected chi connectivity index (χ4v) is 5.85. The smallest absolute Gasteiger partial charge is 0.266 e. The fourth-order valence-electron chi connectivity index (χ4n) is 3.59. The van der Waals surface area contributed by atoms with Gasteiger partial charge in [0, 0.05) is 16.1 Å². The summed E-state index contributed by atoms with van der Waals surface area (Å²) >= 11 is 13.9. The minimum absolute atomic E-state index is 0.211. The Morgan fingerprint density at radius 1 is 1.08 bits per heavy atom. The lowest BCUT2D eigenvalue weighted by Crippen LogP contribution is -2.27. The topological polar surface area (TPSA) is 54.7 Å². The Morgan fingerprint density at radius 3 is 2.53 bits per heavy atom. The van der Waals surface area contributed by atoms with Crippen LogP contribution in [0.25, 0.3) is 11.7 Å². The zero-order valence-electron chi connectivity index (χ0n) is 18.8. The Morgan fingerprint density at radius 2 is 1.81 bits per heavy atom. The van der Waals surface area contributed by atoms with Gasteiger partial charge in [0.25, 0.3) is 11.5 Å². The second-order valence-electron chi connectivity index (χ2n) is 8.02. The standard InChI is InChI=1S/C26H17ClFN3O2S3/c1-15-2-11-22-29-23(35-19-9-5-17(27)6-10-19)20(24(32)30(22)13-15)12-21-25(33)31(26(34)36-21)14-16-3-7-18(28)8-4-16/h2-13H,14H2,1H3/b21-12+. The second kappa shape index (κ2) is 10.2. The number of aryl methyl sites for hydroxylation is 1. The summed E-state index contributed by atoms with van der Waals surface area (Å²) < 4.78 is 15.1. The van der Waals surface area contributed by atoms with Gasteiger partial charge in [-0.05, 0) is 66.6 Å². The molecule has 0 spiro atoms. The van der Waals surface area contributed by atoms with Crippen LogP contribution in [0.1, 0.15) is 16.7 Å². The highest BCUT2D eigenvalue weighted by Crippen LogP contribution is 2.36. The lowest BCUT2D eigenvalue weighted by atomic mass is 10.2. The van der Waals surface area contributed by atoms with E-state index < -0.39 is 0 Å². The van der Waals surface area contributed by atoms with Crippen molar-refractivity contribution in [3.8, 4) is 0 Å². The highest BCUT2D eigenvalue weighted by Gasteiger charge is 2.32. The van der Waals surface area contributed by atoms with Crippen LogP contribution in [-0.2, 0) is 11.3 Å². The second-order valence-corrected chi connectivity index (χ2v) is 11.2. The summed E-state index contributed by atoms with van der Waals surface area (Å²) in [7, 11) is 0. The molecule has 1 saturated heterocycles. The van der Waals surface area contributed by atoms with Crippen molar-refractivity contribution in [2.75, 3.05) is 0 Å². The van der Waals surface area contributed by atoms with Crippen LogP contribution in [0.5, 0.6) is 0 Å². The Hall–Kier alpha value is -2.98. The van der Waals surface area contributed by atoms with Gasteiger partial charge in [0.15, 0.2) is 0 Å². The number of rotatable bonds is 5. The third-order valence-corrected chi connectivity index (χ3v) is 8.04.